The highest BCUT2D eigenvalue weighted by molar-refractivity contribution is 6.35. The lowest BCUT2D eigenvalue weighted by molar-refractivity contribution is -0.132. The summed E-state index contributed by atoms with van der Waals surface area (Å²) in [6.07, 6.45) is 0.948. The molecular formula is C9H4Cl2FN3O2. The lowest BCUT2D eigenvalue weighted by Crippen LogP contribution is -1.97. The number of aliphatic carboxylic acids is 1. The van der Waals surface area contributed by atoms with Crippen LogP contribution < -0.4 is 0 Å². The average Bonchev–Trinajstić information content (AvgIpc) is 2.28. The first-order valence-electron chi connectivity index (χ1n) is 4.11. The minimum atomic E-state index is -1.45. The molecule has 0 radical (unpaired) electrons. The van der Waals surface area contributed by atoms with Gasteiger partial charge < -0.3 is 5.11 Å². The van der Waals surface area contributed by atoms with Crippen molar-refractivity contribution >= 4 is 35.2 Å². The molecule has 1 rings (SSSR count). The Balaban J connectivity index is 3.35. The van der Waals surface area contributed by atoms with E-state index in [0.717, 1.165) is 6.08 Å². The van der Waals surface area contributed by atoms with Gasteiger partial charge in [-0.1, -0.05) is 34.4 Å². The van der Waals surface area contributed by atoms with Crippen molar-refractivity contribution in [3.05, 3.63) is 49.7 Å². The molecule has 0 saturated carbocycles. The number of carboxylic acid groups (broad SMARTS) is 1. The molecule has 0 aliphatic carbocycles. The van der Waals surface area contributed by atoms with E-state index < -0.39 is 17.5 Å². The van der Waals surface area contributed by atoms with Gasteiger partial charge in [0, 0.05) is 4.91 Å². The summed E-state index contributed by atoms with van der Waals surface area (Å²) in [5.74, 6) is -2.32. The molecule has 0 heterocycles. The van der Waals surface area contributed by atoms with Gasteiger partial charge in [-0.15, -0.1) is 0 Å². The predicted molar refractivity (Wildman–Crippen MR) is 61.2 cm³/mol. The molecule has 0 amide bonds. The fraction of sp³-hybridized carbons (Fsp3) is 0. The van der Waals surface area contributed by atoms with Crippen molar-refractivity contribution in [2.45, 2.75) is 0 Å². The topological polar surface area (TPSA) is 86.1 Å². The molecule has 0 aliphatic heterocycles. The molecule has 0 unspecified atom stereocenters. The largest absolute Gasteiger partial charge is 0.478 e. The Morgan fingerprint density at radius 3 is 2.71 bits per heavy atom. The van der Waals surface area contributed by atoms with Crippen molar-refractivity contribution in [1.82, 2.24) is 0 Å². The minimum absolute atomic E-state index is 0.0540. The number of hydrogen-bond donors (Lipinski definition) is 1. The summed E-state index contributed by atoms with van der Waals surface area (Å²) in [6.45, 7) is 0. The van der Waals surface area contributed by atoms with Gasteiger partial charge in [-0.3, -0.25) is 0 Å². The molecule has 5 nitrogen and oxygen atoms in total. The summed E-state index contributed by atoms with van der Waals surface area (Å²) in [4.78, 5) is 13.0. The first kappa shape index (κ1) is 13.3. The normalized spacial score (nSPS) is 10.9. The van der Waals surface area contributed by atoms with Crippen LogP contribution in [0.5, 0.6) is 0 Å². The van der Waals surface area contributed by atoms with Gasteiger partial charge >= 0.3 is 5.97 Å². The molecule has 17 heavy (non-hydrogen) atoms. The first-order valence-corrected chi connectivity index (χ1v) is 4.86. The summed E-state index contributed by atoms with van der Waals surface area (Å²) >= 11 is 11.1. The second-order valence-electron chi connectivity index (χ2n) is 2.79. The molecule has 1 aromatic rings. The molecule has 1 aromatic carbocycles. The zero-order valence-corrected chi connectivity index (χ0v) is 9.57. The molecule has 0 fully saturated rings. The predicted octanol–water partition coefficient (Wildman–Crippen LogP) is 3.87. The lowest BCUT2D eigenvalue weighted by atomic mass is 10.2. The number of halogens is 3. The maximum Gasteiger partial charge on any atom is 0.338 e. The van der Waals surface area contributed by atoms with E-state index in [0.29, 0.717) is 0 Å². The summed E-state index contributed by atoms with van der Waals surface area (Å²) in [6, 6.07) is 2.52. The van der Waals surface area contributed by atoms with Crippen LogP contribution in [-0.4, -0.2) is 11.1 Å². The van der Waals surface area contributed by atoms with E-state index in [9.17, 15) is 9.18 Å². The second-order valence-corrected chi connectivity index (χ2v) is 3.57. The van der Waals surface area contributed by atoms with Crippen LogP contribution in [0.2, 0.25) is 10.0 Å². The Kier molecular flexibility index (Phi) is 4.34. The minimum Gasteiger partial charge on any atom is -0.478 e. The van der Waals surface area contributed by atoms with Crippen molar-refractivity contribution in [1.29, 1.82) is 0 Å². The van der Waals surface area contributed by atoms with Crippen molar-refractivity contribution < 1.29 is 14.3 Å². The number of benzene rings is 1. The smallest absolute Gasteiger partial charge is 0.338 e. The zero-order valence-electron chi connectivity index (χ0n) is 8.06. The molecule has 1 N–H and O–H groups in total. The fourth-order valence-electron chi connectivity index (χ4n) is 0.981. The van der Waals surface area contributed by atoms with Gasteiger partial charge in [0.05, 0.1) is 10.0 Å². The number of azide groups is 1. The van der Waals surface area contributed by atoms with Crippen LogP contribution in [0.15, 0.2) is 22.9 Å². The quantitative estimate of drug-likeness (QED) is 0.298. The van der Waals surface area contributed by atoms with Crippen LogP contribution in [0.4, 0.5) is 4.39 Å². The summed E-state index contributed by atoms with van der Waals surface area (Å²) < 4.78 is 13.3. The van der Waals surface area contributed by atoms with Crippen molar-refractivity contribution in [3.8, 4) is 0 Å². The molecule has 0 aromatic heterocycles. The molecule has 0 atom stereocenters. The maximum atomic E-state index is 13.3. The van der Waals surface area contributed by atoms with E-state index in [1.54, 1.807) is 0 Å². The molecule has 88 valence electrons. The Morgan fingerprint density at radius 2 is 2.18 bits per heavy atom. The molecule has 8 heteroatoms. The molecule has 0 saturated heterocycles. The van der Waals surface area contributed by atoms with Crippen LogP contribution in [0, 0.1) is 5.82 Å². The molecule has 0 spiro atoms. The number of hydrogen-bond acceptors (Lipinski definition) is 2. The Morgan fingerprint density at radius 1 is 1.53 bits per heavy atom. The van der Waals surface area contributed by atoms with Gasteiger partial charge in [0.25, 0.3) is 0 Å². The highest BCUT2D eigenvalue weighted by atomic mass is 35.5. The van der Waals surface area contributed by atoms with Crippen LogP contribution in [0.25, 0.3) is 16.5 Å². The number of rotatable bonds is 3. The second kappa shape index (κ2) is 5.54. The van der Waals surface area contributed by atoms with Crippen molar-refractivity contribution in [2.75, 3.05) is 0 Å². The fourth-order valence-corrected chi connectivity index (χ4v) is 1.41. The van der Waals surface area contributed by atoms with E-state index in [1.807, 2.05) is 0 Å². The first-order chi connectivity index (χ1) is 7.97. The highest BCUT2D eigenvalue weighted by Crippen LogP contribution is 2.28. The summed E-state index contributed by atoms with van der Waals surface area (Å²) in [7, 11) is 0. The number of nitrogens with zero attached hydrogens (tertiary/aromatic N) is 3. The Labute approximate surface area is 105 Å². The van der Waals surface area contributed by atoms with Crippen LogP contribution in [-0.2, 0) is 4.79 Å². The van der Waals surface area contributed by atoms with Crippen LogP contribution in [0.1, 0.15) is 5.56 Å². The van der Waals surface area contributed by atoms with Gasteiger partial charge in [-0.2, -0.15) is 0 Å². The van der Waals surface area contributed by atoms with Gasteiger partial charge in [0.2, 0.25) is 0 Å². The Hall–Kier alpha value is -1.75. The standard InChI is InChI=1S/C9H4Cl2FN3O2/c10-5-2-1-4(7(11)8(5)12)3-6(9(16)17)14-15-13/h1-3H,(H,16,17). The molecule has 0 aliphatic rings. The van der Waals surface area contributed by atoms with E-state index >= 15 is 0 Å². The van der Waals surface area contributed by atoms with Crippen molar-refractivity contribution in [3.63, 3.8) is 0 Å². The monoisotopic (exact) mass is 275 g/mol. The van der Waals surface area contributed by atoms with Crippen molar-refractivity contribution in [2.24, 2.45) is 5.11 Å². The van der Waals surface area contributed by atoms with Crippen LogP contribution in [0.3, 0.4) is 0 Å². The van der Waals surface area contributed by atoms with Gasteiger partial charge in [0.1, 0.15) is 5.70 Å². The summed E-state index contributed by atoms with van der Waals surface area (Å²) in [5, 5.41) is 11.1. The van der Waals surface area contributed by atoms with E-state index in [4.69, 9.17) is 33.8 Å². The number of carbonyl (C=O) groups is 1. The van der Waals surface area contributed by atoms with Gasteiger partial charge in [-0.25, -0.2) is 9.18 Å². The summed E-state index contributed by atoms with van der Waals surface area (Å²) in [5.41, 5.74) is 7.61. The zero-order chi connectivity index (χ0) is 13.0. The van der Waals surface area contributed by atoms with Gasteiger partial charge in [-0.05, 0) is 23.2 Å². The van der Waals surface area contributed by atoms with E-state index in [1.165, 1.54) is 12.1 Å². The molecular weight excluding hydrogens is 272 g/mol. The third kappa shape index (κ3) is 3.10. The molecule has 0 bridgehead atoms. The number of carboxylic acids is 1. The third-order valence-electron chi connectivity index (χ3n) is 1.73. The van der Waals surface area contributed by atoms with Crippen LogP contribution >= 0.6 is 23.2 Å². The highest BCUT2D eigenvalue weighted by Gasteiger charge is 2.11. The SMILES string of the molecule is [N-]=[N+]=NC(=Cc1ccc(Cl)c(F)c1Cl)C(=O)O. The lowest BCUT2D eigenvalue weighted by Gasteiger charge is -2.02. The third-order valence-corrected chi connectivity index (χ3v) is 2.40. The van der Waals surface area contributed by atoms with E-state index in [2.05, 4.69) is 10.0 Å². The van der Waals surface area contributed by atoms with Gasteiger partial charge in [0.15, 0.2) is 5.82 Å². The average molecular weight is 276 g/mol. The Bertz CT molecular complexity index is 549. The maximum absolute atomic E-state index is 13.3. The van der Waals surface area contributed by atoms with E-state index in [-0.39, 0.29) is 15.6 Å².